The summed E-state index contributed by atoms with van der Waals surface area (Å²) in [7, 11) is -4.20. The van der Waals surface area contributed by atoms with E-state index in [4.69, 9.17) is 25.4 Å². The lowest BCUT2D eigenvalue weighted by Gasteiger charge is -2.09. The summed E-state index contributed by atoms with van der Waals surface area (Å²) in [4.78, 5) is 40.6. The predicted molar refractivity (Wildman–Crippen MR) is 97.2 cm³/mol. The molecule has 0 aromatic carbocycles. The van der Waals surface area contributed by atoms with Gasteiger partial charge in [0.15, 0.2) is 17.0 Å². The maximum atomic E-state index is 10.8. The van der Waals surface area contributed by atoms with E-state index in [1.807, 2.05) is 0 Å². The smallest absolute Gasteiger partial charge is 0.350 e. The average Bonchev–Trinajstić information content (AvgIpc) is 2.96. The van der Waals surface area contributed by atoms with Gasteiger partial charge < -0.3 is 35.2 Å². The van der Waals surface area contributed by atoms with Crippen LogP contribution in [0.1, 0.15) is 25.7 Å². The molecule has 13 heteroatoms. The second-order valence-corrected chi connectivity index (χ2v) is 7.46. The Morgan fingerprint density at radius 3 is 2.78 bits per heavy atom. The van der Waals surface area contributed by atoms with Gasteiger partial charge in [-0.25, -0.2) is 4.98 Å². The number of nitrogen functional groups attached to an aromatic ring is 1. The van der Waals surface area contributed by atoms with Gasteiger partial charge in [0.2, 0.25) is 5.95 Å². The number of nitrogens with zero attached hydrogens (tertiary/aromatic N) is 4. The fourth-order valence-electron chi connectivity index (χ4n) is 2.38. The van der Waals surface area contributed by atoms with Gasteiger partial charge in [-0.2, -0.15) is 9.97 Å². The second-order valence-electron chi connectivity index (χ2n) is 5.87. The van der Waals surface area contributed by atoms with Crippen LogP contribution in [-0.4, -0.2) is 59.9 Å². The zero-order valence-corrected chi connectivity index (χ0v) is 15.5. The van der Waals surface area contributed by atoms with E-state index in [0.29, 0.717) is 36.5 Å². The normalized spacial score (nSPS) is 11.8. The maximum absolute atomic E-state index is 10.8. The summed E-state index contributed by atoms with van der Waals surface area (Å²) < 4.78 is 17.4. The molecule has 2 heterocycles. The topological polar surface area (TPSA) is 186 Å². The summed E-state index contributed by atoms with van der Waals surface area (Å²) in [6.45, 7) is 0.956. The number of carbonyl (C=O) groups is 1. The van der Waals surface area contributed by atoms with Crippen LogP contribution in [-0.2, 0) is 20.6 Å². The Bertz CT molecular complexity index is 822. The van der Waals surface area contributed by atoms with E-state index in [-0.39, 0.29) is 19.0 Å². The van der Waals surface area contributed by atoms with Crippen LogP contribution in [0.25, 0.3) is 11.2 Å². The third-order valence-corrected chi connectivity index (χ3v) is 4.10. The predicted octanol–water partition coefficient (Wildman–Crippen LogP) is 0.617. The Labute approximate surface area is 154 Å². The van der Waals surface area contributed by atoms with Gasteiger partial charge in [0, 0.05) is 19.5 Å². The molecule has 0 bridgehead atoms. The van der Waals surface area contributed by atoms with Gasteiger partial charge >= 0.3 is 13.6 Å². The number of hydrogen-bond donors (Lipinski definition) is 5. The molecule has 6 N–H and O–H groups in total. The van der Waals surface area contributed by atoms with Crippen molar-refractivity contribution < 1.29 is 29.0 Å². The highest BCUT2D eigenvalue weighted by molar-refractivity contribution is 7.51. The molecule has 0 aliphatic carbocycles. The minimum atomic E-state index is -4.20. The molecule has 2 aromatic heterocycles. The van der Waals surface area contributed by atoms with E-state index >= 15 is 0 Å². The van der Waals surface area contributed by atoms with Crippen LogP contribution in [0.5, 0.6) is 0 Å². The van der Waals surface area contributed by atoms with Crippen molar-refractivity contribution in [1.29, 1.82) is 0 Å². The summed E-state index contributed by atoms with van der Waals surface area (Å²) in [6, 6.07) is 0. The quantitative estimate of drug-likeness (QED) is 0.247. The lowest BCUT2D eigenvalue weighted by atomic mass is 10.2. The molecule has 0 atom stereocenters. The van der Waals surface area contributed by atoms with Gasteiger partial charge in [-0.15, -0.1) is 0 Å². The first-order valence-electron chi connectivity index (χ1n) is 8.32. The number of ether oxygens (including phenoxy) is 1. The van der Waals surface area contributed by atoms with Crippen molar-refractivity contribution in [3.8, 4) is 0 Å². The third-order valence-electron chi connectivity index (χ3n) is 3.58. The van der Waals surface area contributed by atoms with Crippen LogP contribution in [0.3, 0.4) is 0 Å². The number of nitrogens with two attached hydrogens (primary N) is 1. The van der Waals surface area contributed by atoms with Crippen molar-refractivity contribution in [3.63, 3.8) is 0 Å². The Kier molecular flexibility index (Phi) is 7.48. The molecule has 0 fully saturated rings. The molecule has 0 amide bonds. The van der Waals surface area contributed by atoms with Gasteiger partial charge in [0.25, 0.3) is 0 Å². The molecule has 27 heavy (non-hydrogen) atoms. The number of hydrogen-bond acceptors (Lipinski definition) is 8. The molecule has 12 nitrogen and oxygen atoms in total. The molecule has 0 spiro atoms. The van der Waals surface area contributed by atoms with Crippen LogP contribution < -0.4 is 11.1 Å². The Hall–Kier alpha value is -2.27. The molecule has 0 unspecified atom stereocenters. The molecule has 2 aromatic rings. The fraction of sp³-hybridized carbons (Fsp3) is 0.571. The molecular weight excluding hydrogens is 379 g/mol. The Morgan fingerprint density at radius 1 is 1.30 bits per heavy atom. The lowest BCUT2D eigenvalue weighted by Crippen LogP contribution is -2.09. The van der Waals surface area contributed by atoms with Crippen LogP contribution >= 0.6 is 7.60 Å². The fourth-order valence-corrected chi connectivity index (χ4v) is 2.75. The molecule has 0 saturated heterocycles. The number of anilines is 2. The average molecular weight is 402 g/mol. The highest BCUT2D eigenvalue weighted by Crippen LogP contribution is 2.33. The third kappa shape index (κ3) is 7.10. The zero-order chi connectivity index (χ0) is 19.9. The second kappa shape index (κ2) is 9.60. The van der Waals surface area contributed by atoms with E-state index in [1.165, 1.54) is 6.33 Å². The van der Waals surface area contributed by atoms with E-state index < -0.39 is 19.9 Å². The van der Waals surface area contributed by atoms with Gasteiger partial charge in [0.05, 0.1) is 12.9 Å². The number of nitrogens with one attached hydrogen (secondary N) is 1. The van der Waals surface area contributed by atoms with E-state index in [0.717, 1.165) is 12.8 Å². The summed E-state index contributed by atoms with van der Waals surface area (Å²) in [6.07, 6.45) is 3.19. The molecular formula is C14H23N6O6P. The van der Waals surface area contributed by atoms with Crippen molar-refractivity contribution in [2.75, 3.05) is 30.6 Å². The van der Waals surface area contributed by atoms with E-state index in [1.54, 1.807) is 4.57 Å². The minimum absolute atomic E-state index is 0.0637. The number of imidazole rings is 1. The number of aliphatic carboxylic acids is 1. The summed E-state index contributed by atoms with van der Waals surface area (Å²) in [5.41, 5.74) is 6.75. The van der Waals surface area contributed by atoms with Crippen molar-refractivity contribution in [2.45, 2.75) is 32.2 Å². The first-order valence-corrected chi connectivity index (χ1v) is 10.1. The van der Waals surface area contributed by atoms with Crippen LogP contribution in [0.15, 0.2) is 6.33 Å². The number of unbranched alkanes of at least 4 members (excludes halogenated alkanes) is 2. The summed E-state index contributed by atoms with van der Waals surface area (Å²) in [5.74, 6) is -0.261. The van der Waals surface area contributed by atoms with Crippen LogP contribution in [0.4, 0.5) is 11.8 Å². The van der Waals surface area contributed by atoms with Gasteiger partial charge in [-0.3, -0.25) is 9.36 Å². The number of fused-ring (bicyclic) bond motifs is 1. The standard InChI is InChI=1S/C14H23N6O6P/c15-14-18-12(16-5-3-1-2-4-10(21)22)11-13(19-14)20(8-17-11)6-7-26-9-27(23,24)25/h8H,1-7,9H2,(H,21,22)(H2,23,24,25)(H3,15,16,18,19). The first kappa shape index (κ1) is 21.0. The molecule has 150 valence electrons. The van der Waals surface area contributed by atoms with Gasteiger partial charge in [-0.1, -0.05) is 6.42 Å². The highest BCUT2D eigenvalue weighted by Gasteiger charge is 2.14. The highest BCUT2D eigenvalue weighted by atomic mass is 31.2. The zero-order valence-electron chi connectivity index (χ0n) is 14.6. The van der Waals surface area contributed by atoms with E-state index in [2.05, 4.69) is 20.3 Å². The van der Waals surface area contributed by atoms with Gasteiger partial charge in [0.1, 0.15) is 6.35 Å². The Balaban J connectivity index is 1.93. The number of rotatable bonds is 12. The van der Waals surface area contributed by atoms with E-state index in [9.17, 15) is 9.36 Å². The lowest BCUT2D eigenvalue weighted by molar-refractivity contribution is -0.137. The summed E-state index contributed by atoms with van der Waals surface area (Å²) >= 11 is 0. The maximum Gasteiger partial charge on any atom is 0.350 e. The van der Waals surface area contributed by atoms with Crippen molar-refractivity contribution >= 4 is 36.5 Å². The molecule has 0 radical (unpaired) electrons. The molecule has 0 saturated carbocycles. The molecule has 0 aliphatic heterocycles. The largest absolute Gasteiger partial charge is 0.481 e. The molecule has 2 rings (SSSR count). The minimum Gasteiger partial charge on any atom is -0.481 e. The number of carboxylic acids is 1. The SMILES string of the molecule is Nc1nc(NCCCCCC(=O)O)c2ncn(CCOCP(=O)(O)O)c2n1. The van der Waals surface area contributed by atoms with Crippen molar-refractivity contribution in [3.05, 3.63) is 6.33 Å². The first-order chi connectivity index (χ1) is 12.8. The molecule has 0 aliphatic rings. The summed E-state index contributed by atoms with van der Waals surface area (Å²) in [5, 5.41) is 11.7. The monoisotopic (exact) mass is 402 g/mol. The van der Waals surface area contributed by atoms with Crippen molar-refractivity contribution in [1.82, 2.24) is 19.5 Å². The number of aromatic nitrogens is 4. The van der Waals surface area contributed by atoms with Crippen LogP contribution in [0.2, 0.25) is 0 Å². The Morgan fingerprint density at radius 2 is 2.07 bits per heavy atom. The number of carboxylic acid groups (broad SMARTS) is 1. The van der Waals surface area contributed by atoms with Gasteiger partial charge in [-0.05, 0) is 12.8 Å². The van der Waals surface area contributed by atoms with Crippen molar-refractivity contribution in [2.24, 2.45) is 0 Å². The van der Waals surface area contributed by atoms with Crippen LogP contribution in [0, 0.1) is 0 Å².